The van der Waals surface area contributed by atoms with Gasteiger partial charge in [0, 0.05) is 32.5 Å². The topological polar surface area (TPSA) is 416 Å². The van der Waals surface area contributed by atoms with Gasteiger partial charge in [-0.05, 0) is 64.9 Å². The minimum absolute atomic E-state index is 0.00238. The zero-order valence-electron chi connectivity index (χ0n) is 42.1. The van der Waals surface area contributed by atoms with Crippen molar-refractivity contribution in [3.63, 3.8) is 0 Å². The summed E-state index contributed by atoms with van der Waals surface area (Å²) in [5.74, 6) is -11.4. The molecule has 402 valence electrons. The Labute approximate surface area is 424 Å². The van der Waals surface area contributed by atoms with Crippen LogP contribution < -0.4 is 60.2 Å². The van der Waals surface area contributed by atoms with E-state index in [4.69, 9.17) is 27.7 Å². The van der Waals surface area contributed by atoms with Gasteiger partial charge in [-0.15, -0.1) is 0 Å². The van der Waals surface area contributed by atoms with Crippen molar-refractivity contribution in [3.8, 4) is 0 Å². The highest BCUT2D eigenvalue weighted by atomic mass is 16.5. The number of rotatable bonds is 17. The number of allylic oxidation sites excluding steroid dienone is 3. The molecule has 2 rings (SSSR count). The summed E-state index contributed by atoms with van der Waals surface area (Å²) in [6.07, 6.45) is 4.77. The number of carboxylic acids is 2. The molecule has 73 heavy (non-hydrogen) atoms. The highest BCUT2D eigenvalue weighted by molar-refractivity contribution is 6.00. The maximum Gasteiger partial charge on any atom is 0.326 e. The van der Waals surface area contributed by atoms with Gasteiger partial charge in [0.25, 0.3) is 5.91 Å². The molecule has 17 N–H and O–H groups in total. The SMILES string of the molecule is CC=C1NC(=O)CCC(C(=O)O)NC(=O)C(C)C(C=CC(C)=CC(C)C(Cc2ccccc2)OC)NC(=O)C(CCCN=C(N)N)NC(=O)CC(C(=O)O)NC(=O)C(CCCN=C(N)N)NC(=O)C(C)NC1=O. The molecule has 25 nitrogen and oxygen atoms in total. The fourth-order valence-electron chi connectivity index (χ4n) is 7.33. The Hall–Kier alpha value is -7.83. The van der Waals surface area contributed by atoms with Crippen molar-refractivity contribution >= 4 is 65.2 Å². The van der Waals surface area contributed by atoms with Crippen LogP contribution in [0.2, 0.25) is 0 Å². The molecular weight excluding hydrogens is 951 g/mol. The Bertz CT molecular complexity index is 2240. The van der Waals surface area contributed by atoms with Gasteiger partial charge in [-0.1, -0.05) is 74.1 Å². The Morgan fingerprint density at radius 3 is 1.88 bits per heavy atom. The lowest BCUT2D eigenvalue weighted by Gasteiger charge is -2.27. The van der Waals surface area contributed by atoms with Crippen LogP contribution in [0.4, 0.5) is 0 Å². The van der Waals surface area contributed by atoms with Gasteiger partial charge >= 0.3 is 11.9 Å². The van der Waals surface area contributed by atoms with Crippen LogP contribution in [0.5, 0.6) is 0 Å². The summed E-state index contributed by atoms with van der Waals surface area (Å²) in [6.45, 7) is 7.86. The van der Waals surface area contributed by atoms with Crippen molar-refractivity contribution in [2.24, 2.45) is 44.8 Å². The van der Waals surface area contributed by atoms with Gasteiger partial charge < -0.3 is 75.1 Å². The largest absolute Gasteiger partial charge is 0.480 e. The number of carbonyl (C=O) groups excluding carboxylic acids is 7. The Kier molecular flexibility index (Phi) is 26.4. The molecule has 7 amide bonds. The molecule has 0 aliphatic carbocycles. The van der Waals surface area contributed by atoms with Gasteiger partial charge in [0.05, 0.1) is 24.5 Å². The molecule has 9 unspecified atom stereocenters. The van der Waals surface area contributed by atoms with E-state index >= 15 is 0 Å². The van der Waals surface area contributed by atoms with E-state index in [-0.39, 0.29) is 68.4 Å². The van der Waals surface area contributed by atoms with E-state index < -0.39 is 115 Å². The zero-order chi connectivity index (χ0) is 54.8. The molecule has 0 spiro atoms. The quantitative estimate of drug-likeness (QED) is 0.0276. The molecule has 1 fully saturated rings. The van der Waals surface area contributed by atoms with E-state index in [0.717, 1.165) is 5.56 Å². The minimum Gasteiger partial charge on any atom is -0.480 e. The number of carbonyl (C=O) groups is 9. The van der Waals surface area contributed by atoms with Gasteiger partial charge in [0.2, 0.25) is 35.4 Å². The Morgan fingerprint density at radius 2 is 1.33 bits per heavy atom. The fourth-order valence-corrected chi connectivity index (χ4v) is 7.33. The Balaban J connectivity index is 2.69. The summed E-state index contributed by atoms with van der Waals surface area (Å²) < 4.78 is 5.81. The monoisotopic (exact) mass is 1020 g/mol. The van der Waals surface area contributed by atoms with Crippen molar-refractivity contribution < 1.29 is 58.1 Å². The first kappa shape index (κ1) is 61.3. The van der Waals surface area contributed by atoms with Crippen LogP contribution in [0, 0.1) is 11.8 Å². The van der Waals surface area contributed by atoms with E-state index in [9.17, 15) is 53.4 Å². The van der Waals surface area contributed by atoms with Crippen molar-refractivity contribution in [1.29, 1.82) is 0 Å². The number of nitrogens with two attached hydrogens (primary N) is 4. The molecule has 0 saturated carbocycles. The van der Waals surface area contributed by atoms with Crippen LogP contribution in [0.15, 0.2) is 75.9 Å². The molecule has 1 aliphatic heterocycles. The molecule has 1 aliphatic rings. The lowest BCUT2D eigenvalue weighted by molar-refractivity contribution is -0.144. The number of amides is 7. The second kappa shape index (κ2) is 31.5. The van der Waals surface area contributed by atoms with Crippen LogP contribution in [0.3, 0.4) is 0 Å². The molecule has 1 heterocycles. The van der Waals surface area contributed by atoms with Crippen LogP contribution in [0.1, 0.15) is 85.1 Å². The molecule has 1 aromatic carbocycles. The van der Waals surface area contributed by atoms with Gasteiger partial charge in [-0.25, -0.2) is 9.59 Å². The molecule has 1 saturated heterocycles. The van der Waals surface area contributed by atoms with Crippen molar-refractivity contribution in [2.75, 3.05) is 20.2 Å². The number of nitrogens with one attached hydrogen (secondary N) is 7. The van der Waals surface area contributed by atoms with Crippen molar-refractivity contribution in [2.45, 2.75) is 128 Å². The Morgan fingerprint density at radius 1 is 0.767 bits per heavy atom. The summed E-state index contributed by atoms with van der Waals surface area (Å²) >= 11 is 0. The second-order valence-corrected chi connectivity index (χ2v) is 17.5. The van der Waals surface area contributed by atoms with Gasteiger partial charge in [-0.3, -0.25) is 43.5 Å². The summed E-state index contributed by atoms with van der Waals surface area (Å²) in [6, 6.07) is 0.758. The average Bonchev–Trinajstić information content (AvgIpc) is 3.33. The van der Waals surface area contributed by atoms with E-state index in [1.165, 1.54) is 32.9 Å². The standard InChI is InChI=1S/C48H73N13O12/c1-7-31-42(66)55-29(5)41(65)59-34(16-12-22-54-48(51)52)44(68)61-36(46(71)72)25-39(63)57-33(15-11-21-53-47(49)50)43(67)58-32(28(4)40(64)60-35(45(69)70)19-20-38(62)56-31)18-17-26(2)23-27(3)37(73-6)24-30-13-9-8-10-14-30/h7-10,13-14,17-18,23,27-29,32-37H,11-12,15-16,19-22,24-25H2,1-6H3,(H,55,66)(H,56,62)(H,57,63)(H,58,67)(H,59,65)(H,60,64)(H,61,68)(H,69,70)(H,71,72)(H4,49,50,53)(H4,51,52,54). The summed E-state index contributed by atoms with van der Waals surface area (Å²) in [4.78, 5) is 128. The maximum atomic E-state index is 14.3. The molecule has 0 bridgehead atoms. The number of methoxy groups -OCH3 is 1. The first-order valence-corrected chi connectivity index (χ1v) is 23.7. The molecule has 0 aromatic heterocycles. The van der Waals surface area contributed by atoms with Gasteiger partial charge in [-0.2, -0.15) is 0 Å². The second-order valence-electron chi connectivity index (χ2n) is 17.5. The third kappa shape index (κ3) is 22.9. The van der Waals surface area contributed by atoms with E-state index in [1.807, 2.05) is 43.3 Å². The lowest BCUT2D eigenvalue weighted by Crippen LogP contribution is -2.56. The van der Waals surface area contributed by atoms with Crippen LogP contribution in [-0.2, 0) is 54.3 Å². The molecule has 0 radical (unpaired) electrons. The predicted octanol–water partition coefficient (Wildman–Crippen LogP) is -1.57. The summed E-state index contributed by atoms with van der Waals surface area (Å²) in [7, 11) is 1.60. The van der Waals surface area contributed by atoms with Crippen LogP contribution >= 0.6 is 0 Å². The number of nitrogens with zero attached hydrogens (tertiary/aromatic N) is 2. The fraction of sp³-hybridized carbons (Fsp3) is 0.521. The normalized spacial score (nSPS) is 24.1. The smallest absolute Gasteiger partial charge is 0.326 e. The van der Waals surface area contributed by atoms with E-state index in [2.05, 4.69) is 47.2 Å². The maximum absolute atomic E-state index is 14.3. The number of aliphatic imine (C=N–C) groups is 2. The molecule has 9 atom stereocenters. The van der Waals surface area contributed by atoms with Crippen molar-refractivity contribution in [3.05, 3.63) is 71.5 Å². The molecular formula is C48H73N13O12. The summed E-state index contributed by atoms with van der Waals surface area (Å²) in [5, 5.41) is 37.5. The highest BCUT2D eigenvalue weighted by Gasteiger charge is 2.34. The van der Waals surface area contributed by atoms with Gasteiger partial charge in [0.15, 0.2) is 11.9 Å². The van der Waals surface area contributed by atoms with E-state index in [0.29, 0.717) is 12.0 Å². The van der Waals surface area contributed by atoms with Crippen LogP contribution in [-0.4, -0.2) is 138 Å². The highest BCUT2D eigenvalue weighted by Crippen LogP contribution is 2.18. The molecule has 1 aromatic rings. The predicted molar refractivity (Wildman–Crippen MR) is 270 cm³/mol. The minimum atomic E-state index is -1.91. The third-order valence-electron chi connectivity index (χ3n) is 11.5. The number of benzene rings is 1. The summed E-state index contributed by atoms with van der Waals surface area (Å²) in [5.41, 5.74) is 23.3. The number of aliphatic carboxylic acids is 2. The average molecular weight is 1020 g/mol. The van der Waals surface area contributed by atoms with Crippen LogP contribution in [0.25, 0.3) is 0 Å². The van der Waals surface area contributed by atoms with Gasteiger partial charge in [0.1, 0.15) is 35.9 Å². The number of hydrogen-bond acceptors (Lipinski definition) is 12. The third-order valence-corrected chi connectivity index (χ3v) is 11.5. The number of carboxylic acid groups (broad SMARTS) is 2. The first-order chi connectivity index (χ1) is 34.4. The zero-order valence-corrected chi connectivity index (χ0v) is 42.1. The first-order valence-electron chi connectivity index (χ1n) is 23.7. The number of guanidine groups is 2. The van der Waals surface area contributed by atoms with E-state index in [1.54, 1.807) is 20.1 Å². The lowest BCUT2D eigenvalue weighted by atomic mass is 9.94. The molecule has 25 heteroatoms. The number of ether oxygens (including phenoxy) is 1. The van der Waals surface area contributed by atoms with Crippen molar-refractivity contribution in [1.82, 2.24) is 37.2 Å². The number of hydrogen-bond donors (Lipinski definition) is 13.